The lowest BCUT2D eigenvalue weighted by Gasteiger charge is -1.98. The summed E-state index contributed by atoms with van der Waals surface area (Å²) in [5.41, 5.74) is 4.80. The van der Waals surface area contributed by atoms with Crippen molar-refractivity contribution in [2.45, 2.75) is 6.92 Å². The van der Waals surface area contributed by atoms with E-state index in [4.69, 9.17) is 5.73 Å². The summed E-state index contributed by atoms with van der Waals surface area (Å²) in [5, 5.41) is 0. The van der Waals surface area contributed by atoms with Gasteiger partial charge in [0.1, 0.15) is 12.0 Å². The molecule has 1 rings (SSSR count). The van der Waals surface area contributed by atoms with Crippen molar-refractivity contribution in [1.82, 2.24) is 9.97 Å². The first-order valence-corrected chi connectivity index (χ1v) is 4.78. The highest BCUT2D eigenvalue weighted by atomic mass is 32.1. The molecular weight excluding hydrogens is 232 g/mol. The molecule has 1 aromatic heterocycles. The number of nitrogens with two attached hydrogens (primary N) is 1. The van der Waals surface area contributed by atoms with Gasteiger partial charge in [-0.1, -0.05) is 0 Å². The van der Waals surface area contributed by atoms with E-state index in [1.54, 1.807) is 6.92 Å². The van der Waals surface area contributed by atoms with E-state index in [0.29, 0.717) is 0 Å². The standard InChI is InChI=1S/C8H10N4O3S/c1-2-15-4(13)3-10-5-6(9)11-8(16)12-7(5)14/h3H,2H2,1H3,(H4,9,11,12,14,16). The van der Waals surface area contributed by atoms with E-state index in [2.05, 4.69) is 31.9 Å². The van der Waals surface area contributed by atoms with Crippen molar-refractivity contribution in [3.05, 3.63) is 15.1 Å². The monoisotopic (exact) mass is 242 g/mol. The summed E-state index contributed by atoms with van der Waals surface area (Å²) in [7, 11) is 0. The molecule has 0 unspecified atom stereocenters. The fourth-order valence-corrected chi connectivity index (χ4v) is 1.12. The maximum Gasteiger partial charge on any atom is 0.349 e. The molecule has 16 heavy (non-hydrogen) atoms. The summed E-state index contributed by atoms with van der Waals surface area (Å²) in [5.74, 6) is -0.655. The third-order valence-corrected chi connectivity index (χ3v) is 1.74. The number of H-pyrrole nitrogens is 2. The molecule has 0 spiro atoms. The van der Waals surface area contributed by atoms with E-state index in [1.165, 1.54) is 0 Å². The lowest BCUT2D eigenvalue weighted by atomic mass is 10.5. The molecule has 0 amide bonds. The van der Waals surface area contributed by atoms with Crippen LogP contribution in [0.2, 0.25) is 0 Å². The topological polar surface area (TPSA) is 113 Å². The zero-order chi connectivity index (χ0) is 12.1. The molecule has 0 fully saturated rings. The molecule has 0 aliphatic rings. The predicted octanol–water partition coefficient (Wildman–Crippen LogP) is 0.280. The molecule has 86 valence electrons. The number of nitrogens with one attached hydrogen (secondary N) is 2. The third-order valence-electron chi connectivity index (χ3n) is 1.53. The van der Waals surface area contributed by atoms with Crippen LogP contribution in [0.25, 0.3) is 0 Å². The van der Waals surface area contributed by atoms with Crippen LogP contribution in [0.5, 0.6) is 0 Å². The first-order chi connectivity index (χ1) is 7.54. The van der Waals surface area contributed by atoms with Gasteiger partial charge in [-0.25, -0.2) is 9.79 Å². The van der Waals surface area contributed by atoms with E-state index in [-0.39, 0.29) is 22.9 Å². The molecular formula is C8H10N4O3S. The Morgan fingerprint density at radius 2 is 2.31 bits per heavy atom. The predicted molar refractivity (Wildman–Crippen MR) is 61.4 cm³/mol. The Labute approximate surface area is 95.4 Å². The van der Waals surface area contributed by atoms with Gasteiger partial charge in [-0.15, -0.1) is 0 Å². The van der Waals surface area contributed by atoms with Crippen molar-refractivity contribution in [3.63, 3.8) is 0 Å². The number of nitrogen functional groups attached to an aromatic ring is 1. The molecule has 1 heterocycles. The Balaban J connectivity index is 3.03. The third kappa shape index (κ3) is 3.02. The van der Waals surface area contributed by atoms with E-state index in [9.17, 15) is 9.59 Å². The Bertz CT molecular complexity index is 531. The van der Waals surface area contributed by atoms with E-state index in [0.717, 1.165) is 6.21 Å². The summed E-state index contributed by atoms with van der Waals surface area (Å²) >= 11 is 4.69. The zero-order valence-electron chi connectivity index (χ0n) is 8.44. The Kier molecular flexibility index (Phi) is 3.95. The van der Waals surface area contributed by atoms with Crippen LogP contribution in [0.4, 0.5) is 11.5 Å². The quantitative estimate of drug-likeness (QED) is 0.400. The second kappa shape index (κ2) is 5.21. The van der Waals surface area contributed by atoms with Crippen LogP contribution in [0, 0.1) is 4.77 Å². The smallest absolute Gasteiger partial charge is 0.349 e. The molecule has 4 N–H and O–H groups in total. The number of hydrogen-bond acceptors (Lipinski definition) is 6. The minimum absolute atomic E-state index is 0.00528. The number of rotatable bonds is 3. The van der Waals surface area contributed by atoms with Crippen LogP contribution < -0.4 is 11.3 Å². The minimum atomic E-state index is -0.649. The number of carbonyl (C=O) groups is 1. The van der Waals surface area contributed by atoms with E-state index >= 15 is 0 Å². The van der Waals surface area contributed by atoms with Crippen LogP contribution in [-0.2, 0) is 9.53 Å². The maximum absolute atomic E-state index is 11.3. The summed E-state index contributed by atoms with van der Waals surface area (Å²) < 4.78 is 4.69. The first-order valence-electron chi connectivity index (χ1n) is 4.37. The van der Waals surface area contributed by atoms with E-state index < -0.39 is 11.5 Å². The Morgan fingerprint density at radius 1 is 1.62 bits per heavy atom. The van der Waals surface area contributed by atoms with E-state index in [1.807, 2.05) is 0 Å². The molecule has 8 heteroatoms. The fourth-order valence-electron chi connectivity index (χ4n) is 0.922. The number of aliphatic imine (C=N–C) groups is 1. The number of aromatic amines is 2. The largest absolute Gasteiger partial charge is 0.462 e. The number of carbonyl (C=O) groups excluding carboxylic acids is 1. The number of aromatic nitrogens is 2. The highest BCUT2D eigenvalue weighted by Crippen LogP contribution is 2.10. The lowest BCUT2D eigenvalue weighted by molar-refractivity contribution is -0.134. The normalized spacial score (nSPS) is 10.6. The summed E-state index contributed by atoms with van der Waals surface area (Å²) in [6, 6.07) is 0. The van der Waals surface area contributed by atoms with Gasteiger partial charge in [-0.3, -0.25) is 9.78 Å². The number of esters is 1. The molecule has 0 radical (unpaired) electrons. The fraction of sp³-hybridized carbons (Fsp3) is 0.250. The number of anilines is 1. The molecule has 0 aliphatic carbocycles. The summed E-state index contributed by atoms with van der Waals surface area (Å²) in [4.78, 5) is 30.7. The SMILES string of the molecule is CCOC(=O)C=Nc1c(N)[nH]c(=S)[nH]c1=O. The average molecular weight is 242 g/mol. The van der Waals surface area contributed by atoms with Crippen LogP contribution in [0.3, 0.4) is 0 Å². The number of ether oxygens (including phenoxy) is 1. The van der Waals surface area contributed by atoms with Gasteiger partial charge >= 0.3 is 5.97 Å². The molecule has 0 saturated carbocycles. The van der Waals surface area contributed by atoms with Crippen LogP contribution in [0.1, 0.15) is 6.92 Å². The molecule has 7 nitrogen and oxygen atoms in total. The first kappa shape index (κ1) is 12.1. The molecule has 0 aliphatic heterocycles. The summed E-state index contributed by atoms with van der Waals surface area (Å²) in [6.07, 6.45) is 0.876. The van der Waals surface area contributed by atoms with Gasteiger partial charge in [0.05, 0.1) is 6.61 Å². The Hall–Kier alpha value is -1.96. The highest BCUT2D eigenvalue weighted by molar-refractivity contribution is 7.71. The second-order valence-electron chi connectivity index (χ2n) is 2.68. The number of hydrogen-bond donors (Lipinski definition) is 3. The summed E-state index contributed by atoms with van der Waals surface area (Å²) in [6.45, 7) is 1.89. The van der Waals surface area contributed by atoms with Gasteiger partial charge in [0.25, 0.3) is 5.56 Å². The lowest BCUT2D eigenvalue weighted by Crippen LogP contribution is -2.11. The van der Waals surface area contributed by atoms with Gasteiger partial charge in [-0.2, -0.15) is 0 Å². The van der Waals surface area contributed by atoms with Crippen LogP contribution in [0.15, 0.2) is 9.79 Å². The molecule has 0 bridgehead atoms. The van der Waals surface area contributed by atoms with Gasteiger partial charge in [0.15, 0.2) is 10.5 Å². The van der Waals surface area contributed by atoms with Crippen molar-refractivity contribution in [3.8, 4) is 0 Å². The molecule has 0 aromatic carbocycles. The van der Waals surface area contributed by atoms with Gasteiger partial charge < -0.3 is 15.5 Å². The zero-order valence-corrected chi connectivity index (χ0v) is 9.26. The highest BCUT2D eigenvalue weighted by Gasteiger charge is 2.04. The van der Waals surface area contributed by atoms with Crippen molar-refractivity contribution < 1.29 is 9.53 Å². The van der Waals surface area contributed by atoms with Crippen molar-refractivity contribution >= 4 is 35.9 Å². The van der Waals surface area contributed by atoms with Crippen molar-refractivity contribution in [2.24, 2.45) is 4.99 Å². The van der Waals surface area contributed by atoms with Crippen molar-refractivity contribution in [1.29, 1.82) is 0 Å². The molecule has 0 saturated heterocycles. The van der Waals surface area contributed by atoms with Gasteiger partial charge in [-0.05, 0) is 19.1 Å². The Morgan fingerprint density at radius 3 is 2.88 bits per heavy atom. The average Bonchev–Trinajstić information content (AvgIpc) is 2.16. The molecule has 0 atom stereocenters. The second-order valence-corrected chi connectivity index (χ2v) is 3.09. The molecule has 1 aromatic rings. The van der Waals surface area contributed by atoms with Crippen LogP contribution in [-0.4, -0.2) is 28.8 Å². The minimum Gasteiger partial charge on any atom is -0.462 e. The van der Waals surface area contributed by atoms with Crippen molar-refractivity contribution in [2.75, 3.05) is 12.3 Å². The van der Waals surface area contributed by atoms with Gasteiger partial charge in [0, 0.05) is 0 Å². The number of nitrogens with zero attached hydrogens (tertiary/aromatic N) is 1. The maximum atomic E-state index is 11.3. The van der Waals surface area contributed by atoms with Gasteiger partial charge in [0.2, 0.25) is 0 Å². The van der Waals surface area contributed by atoms with Crippen LogP contribution >= 0.6 is 12.2 Å².